The Balaban J connectivity index is 2.71. The molecule has 0 fully saturated rings. The van der Waals surface area contributed by atoms with Gasteiger partial charge in [0.05, 0.1) is 18.8 Å². The summed E-state index contributed by atoms with van der Waals surface area (Å²) in [6.45, 7) is 5.38. The smallest absolute Gasteiger partial charge is 0.411 e. The van der Waals surface area contributed by atoms with Crippen LogP contribution in [0.5, 0.6) is 0 Å². The predicted molar refractivity (Wildman–Crippen MR) is 59.0 cm³/mol. The molecule has 1 aliphatic heterocycles. The zero-order valence-electron chi connectivity index (χ0n) is 9.88. The van der Waals surface area contributed by atoms with Crippen molar-refractivity contribution in [1.82, 2.24) is 4.90 Å². The van der Waals surface area contributed by atoms with Crippen molar-refractivity contribution in [3.05, 3.63) is 12.2 Å². The van der Waals surface area contributed by atoms with Crippen LogP contribution in [0.3, 0.4) is 0 Å². The van der Waals surface area contributed by atoms with Gasteiger partial charge in [-0.2, -0.15) is 0 Å². The Hall–Kier alpha value is -1.07. The number of ether oxygens (including phenoxy) is 1. The summed E-state index contributed by atoms with van der Waals surface area (Å²) in [6.07, 6.45) is 1.89. The summed E-state index contributed by atoms with van der Waals surface area (Å²) in [6, 6.07) is -0.625. The highest BCUT2D eigenvalue weighted by atomic mass is 16.6. The van der Waals surface area contributed by atoms with Crippen LogP contribution >= 0.6 is 0 Å². The van der Waals surface area contributed by atoms with Gasteiger partial charge in [-0.1, -0.05) is 12.2 Å². The summed E-state index contributed by atoms with van der Waals surface area (Å²) < 4.78 is 5.19. The van der Waals surface area contributed by atoms with Crippen LogP contribution in [0.25, 0.3) is 0 Å². The standard InChI is InChI=1S/C11H19NO4/c1-11(2,3)16-10(15)12-6-4-5-9(14)8(12)7-13/h4-5,8-9,13-14H,6-7H2,1-3H3/t8-,9+/m1/s1. The van der Waals surface area contributed by atoms with Crippen molar-refractivity contribution in [3.8, 4) is 0 Å². The van der Waals surface area contributed by atoms with Crippen LogP contribution < -0.4 is 0 Å². The van der Waals surface area contributed by atoms with Crippen LogP contribution in [0.4, 0.5) is 4.79 Å². The number of aliphatic hydroxyl groups excluding tert-OH is 2. The fraction of sp³-hybridized carbons (Fsp3) is 0.727. The first-order valence-corrected chi connectivity index (χ1v) is 5.30. The maximum atomic E-state index is 11.8. The van der Waals surface area contributed by atoms with Gasteiger partial charge < -0.3 is 14.9 Å². The third kappa shape index (κ3) is 3.21. The fourth-order valence-corrected chi connectivity index (χ4v) is 1.50. The minimum absolute atomic E-state index is 0.287. The van der Waals surface area contributed by atoms with Crippen LogP contribution in [-0.2, 0) is 4.74 Å². The molecule has 5 nitrogen and oxygen atoms in total. The Morgan fingerprint density at radius 1 is 1.56 bits per heavy atom. The molecule has 1 amide bonds. The van der Waals surface area contributed by atoms with Gasteiger partial charge >= 0.3 is 6.09 Å². The molecule has 0 aliphatic carbocycles. The highest BCUT2D eigenvalue weighted by molar-refractivity contribution is 5.69. The molecule has 0 unspecified atom stereocenters. The second-order valence-electron chi connectivity index (χ2n) is 4.80. The molecule has 0 aromatic rings. The van der Waals surface area contributed by atoms with Crippen LogP contribution in [-0.4, -0.2) is 52.1 Å². The van der Waals surface area contributed by atoms with E-state index in [1.807, 2.05) is 0 Å². The largest absolute Gasteiger partial charge is 0.444 e. The van der Waals surface area contributed by atoms with Crippen molar-refractivity contribution < 1.29 is 19.7 Å². The molecule has 2 N–H and O–H groups in total. The second-order valence-corrected chi connectivity index (χ2v) is 4.80. The number of hydrogen-bond donors (Lipinski definition) is 2. The van der Waals surface area contributed by atoms with E-state index in [0.29, 0.717) is 6.54 Å². The quantitative estimate of drug-likeness (QED) is 0.643. The van der Waals surface area contributed by atoms with Gasteiger partial charge in [-0.3, -0.25) is 4.90 Å². The van der Waals surface area contributed by atoms with Crippen molar-refractivity contribution in [2.24, 2.45) is 0 Å². The van der Waals surface area contributed by atoms with Gasteiger partial charge in [0.25, 0.3) is 0 Å². The topological polar surface area (TPSA) is 70.0 Å². The Labute approximate surface area is 95.3 Å². The number of rotatable bonds is 1. The van der Waals surface area contributed by atoms with Crippen LogP contribution in [0.15, 0.2) is 12.2 Å². The zero-order chi connectivity index (χ0) is 12.3. The predicted octanol–water partition coefficient (Wildman–Crippen LogP) is 0.515. The van der Waals surface area contributed by atoms with E-state index in [1.165, 1.54) is 4.90 Å². The van der Waals surface area contributed by atoms with E-state index < -0.39 is 23.8 Å². The summed E-state index contributed by atoms with van der Waals surface area (Å²) in [5.74, 6) is 0. The summed E-state index contributed by atoms with van der Waals surface area (Å²) in [7, 11) is 0. The van der Waals surface area contributed by atoms with Gasteiger partial charge in [-0.25, -0.2) is 4.79 Å². The van der Waals surface area contributed by atoms with Gasteiger partial charge in [0.15, 0.2) is 0 Å². The summed E-state index contributed by atoms with van der Waals surface area (Å²) in [5, 5.41) is 18.7. The molecule has 5 heteroatoms. The third-order valence-corrected chi connectivity index (χ3v) is 2.24. The maximum Gasteiger partial charge on any atom is 0.411 e. The molecule has 0 bridgehead atoms. The van der Waals surface area contributed by atoms with E-state index in [4.69, 9.17) is 9.84 Å². The Morgan fingerprint density at radius 2 is 2.19 bits per heavy atom. The van der Waals surface area contributed by atoms with Crippen molar-refractivity contribution in [3.63, 3.8) is 0 Å². The number of aliphatic hydroxyl groups is 2. The van der Waals surface area contributed by atoms with Crippen molar-refractivity contribution in [2.75, 3.05) is 13.2 Å². The van der Waals surface area contributed by atoms with E-state index in [2.05, 4.69) is 0 Å². The maximum absolute atomic E-state index is 11.8. The average molecular weight is 229 g/mol. The van der Waals surface area contributed by atoms with E-state index in [0.717, 1.165) is 0 Å². The molecule has 0 saturated heterocycles. The molecule has 0 radical (unpaired) electrons. The highest BCUT2D eigenvalue weighted by Crippen LogP contribution is 2.16. The number of nitrogens with zero attached hydrogens (tertiary/aromatic N) is 1. The first kappa shape index (κ1) is 13.0. The minimum Gasteiger partial charge on any atom is -0.444 e. The monoisotopic (exact) mass is 229 g/mol. The number of hydrogen-bond acceptors (Lipinski definition) is 4. The van der Waals surface area contributed by atoms with E-state index in [1.54, 1.807) is 32.9 Å². The Kier molecular flexibility index (Phi) is 3.93. The Morgan fingerprint density at radius 3 is 2.69 bits per heavy atom. The van der Waals surface area contributed by atoms with Gasteiger partial charge in [-0.15, -0.1) is 0 Å². The molecule has 0 spiro atoms. The van der Waals surface area contributed by atoms with E-state index in [9.17, 15) is 9.90 Å². The molecule has 92 valence electrons. The molecule has 16 heavy (non-hydrogen) atoms. The molecule has 0 saturated carbocycles. The van der Waals surface area contributed by atoms with Crippen LogP contribution in [0.2, 0.25) is 0 Å². The lowest BCUT2D eigenvalue weighted by atomic mass is 10.1. The molecule has 2 atom stereocenters. The summed E-state index contributed by atoms with van der Waals surface area (Å²) in [4.78, 5) is 13.1. The van der Waals surface area contributed by atoms with Crippen molar-refractivity contribution >= 4 is 6.09 Å². The van der Waals surface area contributed by atoms with Gasteiger partial charge in [0, 0.05) is 6.54 Å². The van der Waals surface area contributed by atoms with Gasteiger partial charge in [0.2, 0.25) is 0 Å². The van der Waals surface area contributed by atoms with Crippen molar-refractivity contribution in [2.45, 2.75) is 38.5 Å². The average Bonchev–Trinajstić information content (AvgIpc) is 2.14. The molecule has 0 aromatic carbocycles. The minimum atomic E-state index is -0.841. The van der Waals surface area contributed by atoms with E-state index in [-0.39, 0.29) is 6.61 Å². The summed E-state index contributed by atoms with van der Waals surface area (Å²) in [5.41, 5.74) is -0.580. The van der Waals surface area contributed by atoms with Gasteiger partial charge in [0.1, 0.15) is 5.60 Å². The van der Waals surface area contributed by atoms with Crippen molar-refractivity contribution in [1.29, 1.82) is 0 Å². The molecule has 0 aromatic heterocycles. The number of carbonyl (C=O) groups excluding carboxylic acids is 1. The van der Waals surface area contributed by atoms with E-state index >= 15 is 0 Å². The summed E-state index contributed by atoms with van der Waals surface area (Å²) >= 11 is 0. The van der Waals surface area contributed by atoms with Gasteiger partial charge in [-0.05, 0) is 20.8 Å². The molecule has 1 heterocycles. The normalized spacial score (nSPS) is 25.7. The third-order valence-electron chi connectivity index (χ3n) is 2.24. The number of carbonyl (C=O) groups is 1. The fourth-order valence-electron chi connectivity index (χ4n) is 1.50. The lowest BCUT2D eigenvalue weighted by Crippen LogP contribution is -2.52. The number of amides is 1. The molecular weight excluding hydrogens is 210 g/mol. The lowest BCUT2D eigenvalue weighted by Gasteiger charge is -2.35. The SMILES string of the molecule is CC(C)(C)OC(=O)N1CC=C[C@H](O)[C@H]1CO. The molecule has 1 rings (SSSR count). The first-order chi connectivity index (χ1) is 7.35. The first-order valence-electron chi connectivity index (χ1n) is 5.30. The molecular formula is C11H19NO4. The highest BCUT2D eigenvalue weighted by Gasteiger charge is 2.32. The lowest BCUT2D eigenvalue weighted by molar-refractivity contribution is -0.00988. The van der Waals surface area contributed by atoms with Crippen LogP contribution in [0, 0.1) is 0 Å². The second kappa shape index (κ2) is 4.84. The molecule has 1 aliphatic rings. The zero-order valence-corrected chi connectivity index (χ0v) is 9.88. The van der Waals surface area contributed by atoms with Crippen LogP contribution in [0.1, 0.15) is 20.8 Å². The Bertz CT molecular complexity index is 282.